The molecule has 0 aromatic carbocycles. The highest BCUT2D eigenvalue weighted by molar-refractivity contribution is 8.04. The minimum Gasteiger partial charge on any atom is -0.385 e. The highest BCUT2D eigenvalue weighted by Crippen LogP contribution is 2.17. The molecule has 0 fully saturated rings. The Morgan fingerprint density at radius 1 is 1.22 bits per heavy atom. The van der Waals surface area contributed by atoms with Gasteiger partial charge < -0.3 is 10.6 Å². The Kier molecular flexibility index (Phi) is 10.0. The molecular weight excluding hydrogens is 240 g/mol. The number of nitrogens with two attached hydrogens (primary N) is 1. The molecule has 0 heterocycles. The molecule has 18 heavy (non-hydrogen) atoms. The molecule has 0 amide bonds. The molecule has 0 bridgehead atoms. The molecule has 0 saturated heterocycles. The highest BCUT2D eigenvalue weighted by Gasteiger charge is 2.07. The molecule has 0 aliphatic carbocycles. The number of rotatable bonds is 9. The molecule has 2 nitrogen and oxygen atoms in total. The average Bonchev–Trinajstić information content (AvgIpc) is 2.33. The average molecular weight is 270 g/mol. The summed E-state index contributed by atoms with van der Waals surface area (Å²) >= 11 is 1.66. The van der Waals surface area contributed by atoms with Gasteiger partial charge in [-0.2, -0.15) is 0 Å². The van der Waals surface area contributed by atoms with Crippen LogP contribution in [0.3, 0.4) is 0 Å². The maximum atomic E-state index is 6.04. The van der Waals surface area contributed by atoms with Crippen LogP contribution in [0.25, 0.3) is 0 Å². The lowest BCUT2D eigenvalue weighted by atomic mass is 9.97. The van der Waals surface area contributed by atoms with Crippen molar-refractivity contribution in [3.05, 3.63) is 22.2 Å². The van der Waals surface area contributed by atoms with Gasteiger partial charge in [0, 0.05) is 19.0 Å². The van der Waals surface area contributed by atoms with Crippen molar-refractivity contribution < 1.29 is 0 Å². The fraction of sp³-hybridized carbons (Fsp3) is 0.733. The summed E-state index contributed by atoms with van der Waals surface area (Å²) in [6.07, 6.45) is 5.13. The van der Waals surface area contributed by atoms with Gasteiger partial charge in [0.15, 0.2) is 0 Å². The Bertz CT molecular complexity index is 268. The maximum absolute atomic E-state index is 6.04. The van der Waals surface area contributed by atoms with Crippen LogP contribution in [0.5, 0.6) is 0 Å². The van der Waals surface area contributed by atoms with Crippen molar-refractivity contribution in [1.29, 1.82) is 0 Å². The second-order valence-corrected chi connectivity index (χ2v) is 5.89. The Morgan fingerprint density at radius 2 is 1.89 bits per heavy atom. The molecule has 0 aliphatic rings. The van der Waals surface area contributed by atoms with Crippen LogP contribution >= 0.6 is 11.8 Å². The van der Waals surface area contributed by atoms with Crippen molar-refractivity contribution in [2.75, 3.05) is 13.6 Å². The maximum Gasteiger partial charge on any atom is 0.105 e. The van der Waals surface area contributed by atoms with E-state index in [0.29, 0.717) is 0 Å². The third-order valence-corrected chi connectivity index (χ3v) is 4.07. The van der Waals surface area contributed by atoms with Gasteiger partial charge in [-0.1, -0.05) is 38.7 Å². The predicted octanol–water partition coefficient (Wildman–Crippen LogP) is 4.55. The van der Waals surface area contributed by atoms with E-state index in [-0.39, 0.29) is 0 Å². The van der Waals surface area contributed by atoms with Crippen LogP contribution in [0.2, 0.25) is 0 Å². The summed E-state index contributed by atoms with van der Waals surface area (Å²) in [5, 5.41) is 4.14. The molecule has 2 N–H and O–H groups in total. The van der Waals surface area contributed by atoms with E-state index in [1.54, 1.807) is 11.8 Å². The van der Waals surface area contributed by atoms with Crippen molar-refractivity contribution >= 4 is 11.8 Å². The summed E-state index contributed by atoms with van der Waals surface area (Å²) in [7, 11) is 2.08. The SMILES string of the molecule is CCCC(CC)CCN(C)/C(N)=C/SC=C(C)C. The number of allylic oxidation sites excluding steroid dienone is 1. The van der Waals surface area contributed by atoms with Gasteiger partial charge in [0.05, 0.1) is 0 Å². The Labute approximate surface area is 118 Å². The van der Waals surface area contributed by atoms with Gasteiger partial charge in [-0.25, -0.2) is 0 Å². The number of nitrogens with zero attached hydrogens (tertiary/aromatic N) is 1. The van der Waals surface area contributed by atoms with Gasteiger partial charge in [0.25, 0.3) is 0 Å². The molecule has 0 saturated carbocycles. The summed E-state index contributed by atoms with van der Waals surface area (Å²) < 4.78 is 0. The fourth-order valence-corrected chi connectivity index (χ4v) is 2.46. The van der Waals surface area contributed by atoms with Crippen molar-refractivity contribution in [2.45, 2.75) is 53.4 Å². The summed E-state index contributed by atoms with van der Waals surface area (Å²) in [6, 6.07) is 0. The van der Waals surface area contributed by atoms with Crippen LogP contribution in [0.1, 0.15) is 53.4 Å². The van der Waals surface area contributed by atoms with E-state index in [1.165, 1.54) is 31.3 Å². The van der Waals surface area contributed by atoms with Gasteiger partial charge in [0.1, 0.15) is 5.82 Å². The minimum atomic E-state index is 0.843. The summed E-state index contributed by atoms with van der Waals surface area (Å²) in [5.74, 6) is 1.71. The topological polar surface area (TPSA) is 29.3 Å². The van der Waals surface area contributed by atoms with E-state index >= 15 is 0 Å². The number of hydrogen-bond acceptors (Lipinski definition) is 3. The quantitative estimate of drug-likeness (QED) is 0.666. The lowest BCUT2D eigenvalue weighted by Crippen LogP contribution is -2.25. The second-order valence-electron chi connectivity index (χ2n) is 5.15. The summed E-state index contributed by atoms with van der Waals surface area (Å²) in [4.78, 5) is 2.16. The lowest BCUT2D eigenvalue weighted by Gasteiger charge is -2.22. The molecular formula is C15H30N2S. The molecule has 0 radical (unpaired) electrons. The Hall–Kier alpha value is -0.570. The zero-order valence-corrected chi connectivity index (χ0v) is 13.5. The molecule has 0 aromatic rings. The molecule has 0 aliphatic heterocycles. The molecule has 0 spiro atoms. The monoisotopic (exact) mass is 270 g/mol. The van der Waals surface area contributed by atoms with Crippen molar-refractivity contribution in [1.82, 2.24) is 4.90 Å². The predicted molar refractivity (Wildman–Crippen MR) is 85.2 cm³/mol. The van der Waals surface area contributed by atoms with E-state index in [2.05, 4.69) is 45.1 Å². The van der Waals surface area contributed by atoms with Crippen LogP contribution in [-0.2, 0) is 0 Å². The summed E-state index contributed by atoms with van der Waals surface area (Å²) in [6.45, 7) is 9.78. The van der Waals surface area contributed by atoms with E-state index < -0.39 is 0 Å². The summed E-state index contributed by atoms with van der Waals surface area (Å²) in [5.41, 5.74) is 7.35. The number of thioether (sulfide) groups is 1. The zero-order valence-electron chi connectivity index (χ0n) is 12.7. The second kappa shape index (κ2) is 10.4. The fourth-order valence-electron chi connectivity index (χ4n) is 1.80. The van der Waals surface area contributed by atoms with Gasteiger partial charge in [0.2, 0.25) is 0 Å². The standard InChI is InChI=1S/C15H30N2S/c1-6-8-14(7-2)9-10-17(5)15(16)12-18-11-13(3)4/h11-12,14H,6-10,16H2,1-5H3/b15-12+. The first-order valence-electron chi connectivity index (χ1n) is 6.96. The molecule has 0 aromatic heterocycles. The third-order valence-electron chi connectivity index (χ3n) is 3.08. The molecule has 1 atom stereocenters. The van der Waals surface area contributed by atoms with E-state index in [0.717, 1.165) is 18.3 Å². The molecule has 106 valence electrons. The zero-order chi connectivity index (χ0) is 14.0. The van der Waals surface area contributed by atoms with Crippen LogP contribution < -0.4 is 5.73 Å². The first-order chi connectivity index (χ1) is 8.51. The highest BCUT2D eigenvalue weighted by atomic mass is 32.2. The van der Waals surface area contributed by atoms with Crippen LogP contribution in [0.4, 0.5) is 0 Å². The van der Waals surface area contributed by atoms with Crippen LogP contribution in [0, 0.1) is 5.92 Å². The smallest absolute Gasteiger partial charge is 0.105 e. The van der Waals surface area contributed by atoms with Crippen molar-refractivity contribution in [3.63, 3.8) is 0 Å². The largest absolute Gasteiger partial charge is 0.385 e. The first kappa shape index (κ1) is 17.4. The van der Waals surface area contributed by atoms with Gasteiger partial charge in [-0.3, -0.25) is 0 Å². The third kappa shape index (κ3) is 8.51. The van der Waals surface area contributed by atoms with Gasteiger partial charge in [-0.15, -0.1) is 11.8 Å². The van der Waals surface area contributed by atoms with Crippen molar-refractivity contribution in [3.8, 4) is 0 Å². The lowest BCUT2D eigenvalue weighted by molar-refractivity contribution is 0.336. The molecule has 0 rings (SSSR count). The Morgan fingerprint density at radius 3 is 2.39 bits per heavy atom. The number of hydrogen-bond donors (Lipinski definition) is 1. The molecule has 3 heteroatoms. The van der Waals surface area contributed by atoms with Gasteiger partial charge >= 0.3 is 0 Å². The van der Waals surface area contributed by atoms with E-state index in [4.69, 9.17) is 5.73 Å². The van der Waals surface area contributed by atoms with E-state index in [9.17, 15) is 0 Å². The first-order valence-corrected chi connectivity index (χ1v) is 7.91. The van der Waals surface area contributed by atoms with Crippen LogP contribution in [0.15, 0.2) is 22.2 Å². The Balaban J connectivity index is 4.06. The normalized spacial score (nSPS) is 13.3. The van der Waals surface area contributed by atoms with Crippen molar-refractivity contribution in [2.24, 2.45) is 11.7 Å². The van der Waals surface area contributed by atoms with E-state index in [1.807, 2.05) is 5.41 Å². The van der Waals surface area contributed by atoms with Crippen LogP contribution in [-0.4, -0.2) is 18.5 Å². The molecule has 1 unspecified atom stereocenters. The minimum absolute atomic E-state index is 0.843. The van der Waals surface area contributed by atoms with Gasteiger partial charge in [-0.05, 0) is 31.6 Å².